The van der Waals surface area contributed by atoms with Gasteiger partial charge in [0.05, 0.1) is 18.5 Å². The molecule has 0 radical (unpaired) electrons. The van der Waals surface area contributed by atoms with E-state index in [9.17, 15) is 5.21 Å². The van der Waals surface area contributed by atoms with Crippen molar-refractivity contribution in [1.29, 1.82) is 0 Å². The van der Waals surface area contributed by atoms with Gasteiger partial charge in [0.1, 0.15) is 0 Å². The van der Waals surface area contributed by atoms with Crippen LogP contribution < -0.4 is 0 Å². The summed E-state index contributed by atoms with van der Waals surface area (Å²) < 4.78 is 0.278. The van der Waals surface area contributed by atoms with E-state index in [4.69, 9.17) is 11.6 Å². The molecule has 106 valence electrons. The van der Waals surface area contributed by atoms with Gasteiger partial charge in [-0.3, -0.25) is 0 Å². The van der Waals surface area contributed by atoms with Crippen molar-refractivity contribution in [3.63, 3.8) is 0 Å². The highest BCUT2D eigenvalue weighted by Gasteiger charge is 2.18. The van der Waals surface area contributed by atoms with Crippen molar-refractivity contribution >= 4 is 27.5 Å². The molecule has 1 rings (SSSR count). The number of benzene rings is 1. The summed E-state index contributed by atoms with van der Waals surface area (Å²) in [4.78, 5) is 0. The normalized spacial score (nSPS) is 14.5. The second kappa shape index (κ2) is 8.05. The number of hydrogen-bond donors (Lipinski definition) is 0. The second-order valence-electron chi connectivity index (χ2n) is 4.55. The zero-order valence-electron chi connectivity index (χ0n) is 11.5. The van der Waals surface area contributed by atoms with Crippen LogP contribution in [-0.2, 0) is 6.42 Å². The number of hydroxylamine groups is 3. The van der Waals surface area contributed by atoms with Crippen LogP contribution in [0.3, 0.4) is 0 Å². The van der Waals surface area contributed by atoms with Gasteiger partial charge in [-0.25, -0.2) is 0 Å². The van der Waals surface area contributed by atoms with Crippen LogP contribution >= 0.6 is 27.5 Å². The fraction of sp³-hybridized carbons (Fsp3) is 0.467. The number of aryl methyl sites for hydroxylation is 1. The molecule has 2 nitrogen and oxygen atoms in total. The predicted octanol–water partition coefficient (Wildman–Crippen LogP) is 4.82. The molecule has 1 aromatic carbocycles. The monoisotopic (exact) mass is 345 g/mol. The summed E-state index contributed by atoms with van der Waals surface area (Å²) in [5.41, 5.74) is 1.27. The molecule has 19 heavy (non-hydrogen) atoms. The Balaban J connectivity index is 2.57. The average Bonchev–Trinajstić information content (AvgIpc) is 2.45. The molecular formula is C15H21BrClNO. The van der Waals surface area contributed by atoms with Gasteiger partial charge in [-0.15, -0.1) is 11.6 Å². The van der Waals surface area contributed by atoms with Crippen LogP contribution in [0.1, 0.15) is 25.8 Å². The fourth-order valence-electron chi connectivity index (χ4n) is 1.84. The number of alkyl halides is 1. The number of rotatable bonds is 7. The van der Waals surface area contributed by atoms with Crippen LogP contribution in [0.2, 0.25) is 0 Å². The number of nitrogens with zero attached hydrogens (tertiary/aromatic N) is 1. The molecule has 0 N–H and O–H groups in total. The van der Waals surface area contributed by atoms with Gasteiger partial charge in [0, 0.05) is 22.0 Å². The molecule has 0 aliphatic heterocycles. The lowest BCUT2D eigenvalue weighted by atomic mass is 10.1. The minimum Gasteiger partial charge on any atom is -0.627 e. The molecule has 0 saturated heterocycles. The highest BCUT2D eigenvalue weighted by molar-refractivity contribution is 9.11. The molecule has 0 aliphatic rings. The van der Waals surface area contributed by atoms with Crippen molar-refractivity contribution in [2.24, 2.45) is 0 Å². The lowest BCUT2D eigenvalue weighted by Gasteiger charge is -2.40. The number of allylic oxidation sites excluding steroid dienone is 1. The quantitative estimate of drug-likeness (QED) is 0.300. The van der Waals surface area contributed by atoms with E-state index < -0.39 is 0 Å². The van der Waals surface area contributed by atoms with Gasteiger partial charge >= 0.3 is 0 Å². The minimum atomic E-state index is -0.353. The van der Waals surface area contributed by atoms with Crippen molar-refractivity contribution in [2.75, 3.05) is 13.1 Å². The van der Waals surface area contributed by atoms with Gasteiger partial charge < -0.3 is 9.85 Å². The third-order valence-electron chi connectivity index (χ3n) is 3.28. The highest BCUT2D eigenvalue weighted by Crippen LogP contribution is 2.24. The number of quaternary nitrogens is 1. The molecule has 0 fully saturated rings. The van der Waals surface area contributed by atoms with E-state index in [1.165, 1.54) is 5.56 Å². The van der Waals surface area contributed by atoms with E-state index >= 15 is 0 Å². The molecule has 1 aromatic rings. The summed E-state index contributed by atoms with van der Waals surface area (Å²) in [5, 5.41) is 12.2. The Bertz CT molecular complexity index is 404. The molecule has 0 aliphatic carbocycles. The van der Waals surface area contributed by atoms with E-state index in [1.54, 1.807) is 0 Å². The zero-order chi connectivity index (χ0) is 14.3. The Hall–Kier alpha value is -0.350. The average molecular weight is 347 g/mol. The first kappa shape index (κ1) is 16.7. The fourth-order valence-corrected chi connectivity index (χ4v) is 3.04. The number of halogens is 2. The molecule has 0 spiro atoms. The summed E-state index contributed by atoms with van der Waals surface area (Å²) in [6, 6.07) is 10.2. The predicted molar refractivity (Wildman–Crippen MR) is 86.1 cm³/mol. The van der Waals surface area contributed by atoms with Crippen LogP contribution in [-0.4, -0.2) is 23.1 Å². The lowest BCUT2D eigenvalue weighted by molar-refractivity contribution is -0.829. The SMILES string of the molecule is CC[N+]([O-])(CC)C(Br)=CC(Cl)CCc1ccccc1. The topological polar surface area (TPSA) is 23.1 Å². The van der Waals surface area contributed by atoms with Crippen LogP contribution in [0.5, 0.6) is 0 Å². The van der Waals surface area contributed by atoms with Crippen molar-refractivity contribution in [2.45, 2.75) is 32.1 Å². The van der Waals surface area contributed by atoms with Crippen LogP contribution in [0.4, 0.5) is 0 Å². The Morgan fingerprint density at radius 1 is 1.32 bits per heavy atom. The van der Waals surface area contributed by atoms with Gasteiger partial charge in [-0.2, -0.15) is 0 Å². The van der Waals surface area contributed by atoms with Crippen molar-refractivity contribution in [3.05, 3.63) is 51.8 Å². The third-order valence-corrected chi connectivity index (χ3v) is 4.54. The summed E-state index contributed by atoms with van der Waals surface area (Å²) in [7, 11) is 0. The molecule has 0 bridgehead atoms. The maximum Gasteiger partial charge on any atom is 0.173 e. The first-order chi connectivity index (χ1) is 9.01. The molecule has 0 amide bonds. The molecule has 0 aromatic heterocycles. The van der Waals surface area contributed by atoms with Gasteiger partial charge in [0.2, 0.25) is 0 Å². The standard InChI is InChI=1S/C15H21BrClNO/c1-3-18(19,4-2)15(16)12-14(17)11-10-13-8-6-5-7-9-13/h5-9,12,14H,3-4,10-11H2,1-2H3. The molecule has 0 heterocycles. The first-order valence-corrected chi connectivity index (χ1v) is 7.88. The largest absolute Gasteiger partial charge is 0.627 e. The van der Waals surface area contributed by atoms with Crippen LogP contribution in [0.25, 0.3) is 0 Å². The summed E-state index contributed by atoms with van der Waals surface area (Å²) in [6.07, 6.45) is 3.58. The Labute approximate surface area is 129 Å². The van der Waals surface area contributed by atoms with Crippen LogP contribution in [0.15, 0.2) is 41.0 Å². The van der Waals surface area contributed by atoms with E-state index in [0.29, 0.717) is 17.7 Å². The smallest absolute Gasteiger partial charge is 0.173 e. The van der Waals surface area contributed by atoms with Gasteiger partial charge in [0.25, 0.3) is 0 Å². The van der Waals surface area contributed by atoms with Gasteiger partial charge in [0.15, 0.2) is 4.61 Å². The van der Waals surface area contributed by atoms with E-state index in [1.807, 2.05) is 38.1 Å². The maximum absolute atomic E-state index is 12.3. The number of hydrogen-bond acceptors (Lipinski definition) is 1. The Morgan fingerprint density at radius 2 is 1.89 bits per heavy atom. The molecule has 1 atom stereocenters. The van der Waals surface area contributed by atoms with E-state index in [-0.39, 0.29) is 10.0 Å². The van der Waals surface area contributed by atoms with Crippen molar-refractivity contribution in [1.82, 2.24) is 0 Å². The molecule has 1 unspecified atom stereocenters. The third kappa shape index (κ3) is 5.27. The molecular weight excluding hydrogens is 326 g/mol. The molecule has 0 saturated carbocycles. The first-order valence-electron chi connectivity index (χ1n) is 6.65. The lowest BCUT2D eigenvalue weighted by Crippen LogP contribution is -2.38. The maximum atomic E-state index is 12.3. The van der Waals surface area contributed by atoms with Gasteiger partial charge in [-0.1, -0.05) is 30.3 Å². The van der Waals surface area contributed by atoms with Gasteiger partial charge in [-0.05, 0) is 32.3 Å². The van der Waals surface area contributed by atoms with Crippen LogP contribution in [0, 0.1) is 5.21 Å². The van der Waals surface area contributed by atoms with Crippen molar-refractivity contribution in [3.8, 4) is 0 Å². The summed E-state index contributed by atoms with van der Waals surface area (Å²) >= 11 is 9.67. The minimum absolute atomic E-state index is 0.126. The Kier molecular flexibility index (Phi) is 7.08. The Morgan fingerprint density at radius 3 is 2.42 bits per heavy atom. The zero-order valence-corrected chi connectivity index (χ0v) is 13.8. The van der Waals surface area contributed by atoms with E-state index in [2.05, 4.69) is 28.1 Å². The molecule has 4 heteroatoms. The van der Waals surface area contributed by atoms with Crippen molar-refractivity contribution < 1.29 is 4.65 Å². The highest BCUT2D eigenvalue weighted by atomic mass is 79.9. The summed E-state index contributed by atoms with van der Waals surface area (Å²) in [5.74, 6) is 0. The second-order valence-corrected chi connectivity index (χ2v) is 5.92. The summed E-state index contributed by atoms with van der Waals surface area (Å²) in [6.45, 7) is 4.80. The van der Waals surface area contributed by atoms with E-state index in [0.717, 1.165) is 12.8 Å².